The molecule has 0 unspecified atom stereocenters. The fourth-order valence-corrected chi connectivity index (χ4v) is 2.28. The van der Waals surface area contributed by atoms with Crippen molar-refractivity contribution in [2.45, 2.75) is 4.90 Å². The number of rotatable bonds is 3. The summed E-state index contributed by atoms with van der Waals surface area (Å²) in [6, 6.07) is 8.20. The second kappa shape index (κ2) is 4.45. The van der Waals surface area contributed by atoms with Gasteiger partial charge in [0, 0.05) is 12.1 Å². The van der Waals surface area contributed by atoms with Crippen LogP contribution >= 0.6 is 0 Å². The molecule has 2 rings (SSSR count). The van der Waals surface area contributed by atoms with Gasteiger partial charge in [0.1, 0.15) is 0 Å². The lowest BCUT2D eigenvalue weighted by Crippen LogP contribution is -1.99. The Morgan fingerprint density at radius 3 is 2.31 bits per heavy atom. The maximum absolute atomic E-state index is 11.7. The van der Waals surface area contributed by atoms with Crippen molar-refractivity contribution in [1.82, 2.24) is 0 Å². The Hall–Kier alpha value is -1.68. The normalized spacial score (nSPS) is 16.2. The molecule has 0 aromatic heterocycles. The fraction of sp³-hybridized carbons (Fsp3) is 0.0833. The van der Waals surface area contributed by atoms with Gasteiger partial charge >= 0.3 is 0 Å². The minimum atomic E-state index is -3.55. The number of hydrogen-bond donors (Lipinski definition) is 0. The smallest absolute Gasteiger partial charge is 0.199 e. The van der Waals surface area contributed by atoms with Crippen molar-refractivity contribution in [2.75, 3.05) is 0 Å². The number of allylic oxidation sites excluding steroid dienone is 4. The van der Waals surface area contributed by atoms with E-state index in [9.17, 15) is 8.42 Å². The van der Waals surface area contributed by atoms with Crippen LogP contribution in [-0.4, -0.2) is 14.6 Å². The molecule has 0 spiro atoms. The minimum Gasteiger partial charge on any atom is -0.199 e. The van der Waals surface area contributed by atoms with Crippen LogP contribution < -0.4 is 0 Å². The average Bonchev–Trinajstić information content (AvgIpc) is 2.81. The Kier molecular flexibility index (Phi) is 3.01. The highest BCUT2D eigenvalue weighted by Crippen LogP contribution is 2.12. The molecule has 0 N–H and O–H groups in total. The van der Waals surface area contributed by atoms with Crippen LogP contribution in [0.3, 0.4) is 0 Å². The van der Waals surface area contributed by atoms with Gasteiger partial charge in [-0.05, 0) is 12.1 Å². The Bertz CT molecular complexity index is 530. The quantitative estimate of drug-likeness (QED) is 0.751. The molecule has 1 aliphatic carbocycles. The van der Waals surface area contributed by atoms with Gasteiger partial charge in [-0.25, -0.2) is 0 Å². The van der Waals surface area contributed by atoms with Gasteiger partial charge in [0.15, 0.2) is 0 Å². The van der Waals surface area contributed by atoms with E-state index in [1.54, 1.807) is 18.2 Å². The first-order valence-corrected chi connectivity index (χ1v) is 6.33. The molecule has 0 bridgehead atoms. The molecule has 0 atom stereocenters. The highest BCUT2D eigenvalue weighted by atomic mass is 32.2. The molecule has 0 aliphatic heterocycles. The predicted octanol–water partition coefficient (Wildman–Crippen LogP) is 2.19. The molecule has 1 aliphatic rings. The first kappa shape index (κ1) is 10.8. The van der Waals surface area contributed by atoms with Crippen LogP contribution in [0.1, 0.15) is 0 Å². The maximum Gasteiger partial charge on any atom is 0.281 e. The van der Waals surface area contributed by atoms with E-state index in [2.05, 4.69) is 4.40 Å². The molecule has 0 saturated carbocycles. The van der Waals surface area contributed by atoms with Crippen molar-refractivity contribution >= 4 is 16.2 Å². The molecule has 16 heavy (non-hydrogen) atoms. The molecule has 3 nitrogen and oxygen atoms in total. The molecule has 0 amide bonds. The van der Waals surface area contributed by atoms with E-state index < -0.39 is 10.0 Å². The number of benzene rings is 1. The van der Waals surface area contributed by atoms with Crippen molar-refractivity contribution in [1.29, 1.82) is 0 Å². The fourth-order valence-electron chi connectivity index (χ4n) is 1.35. The lowest BCUT2D eigenvalue weighted by Gasteiger charge is -1.98. The van der Waals surface area contributed by atoms with Crippen molar-refractivity contribution in [3.8, 4) is 0 Å². The summed E-state index contributed by atoms with van der Waals surface area (Å²) in [5, 5.41) is 0. The zero-order chi connectivity index (χ0) is 11.4. The number of sulfonamides is 1. The second-order valence-corrected chi connectivity index (χ2v) is 5.02. The molecular weight excluding hydrogens is 222 g/mol. The van der Waals surface area contributed by atoms with Crippen molar-refractivity contribution in [3.05, 3.63) is 54.6 Å². The summed E-state index contributed by atoms with van der Waals surface area (Å²) < 4.78 is 27.1. The summed E-state index contributed by atoms with van der Waals surface area (Å²) in [6.45, 7) is 0. The van der Waals surface area contributed by atoms with Crippen LogP contribution in [0, 0.1) is 5.92 Å². The summed E-state index contributed by atoms with van der Waals surface area (Å²) in [6.07, 6.45) is 8.92. The Balaban J connectivity index is 2.21. The third-order valence-corrected chi connectivity index (χ3v) is 3.46. The number of hydrogen-bond acceptors (Lipinski definition) is 2. The summed E-state index contributed by atoms with van der Waals surface area (Å²) in [5.41, 5.74) is 0. The zero-order valence-electron chi connectivity index (χ0n) is 8.52. The van der Waals surface area contributed by atoms with Gasteiger partial charge < -0.3 is 0 Å². The molecule has 82 valence electrons. The van der Waals surface area contributed by atoms with Gasteiger partial charge in [-0.2, -0.15) is 12.8 Å². The van der Waals surface area contributed by atoms with Crippen LogP contribution in [0.25, 0.3) is 0 Å². The average molecular weight is 233 g/mol. The molecule has 0 saturated heterocycles. The number of nitrogens with zero attached hydrogens (tertiary/aromatic N) is 1. The van der Waals surface area contributed by atoms with Gasteiger partial charge in [-0.15, -0.1) is 0 Å². The summed E-state index contributed by atoms with van der Waals surface area (Å²) in [4.78, 5) is 0.220. The largest absolute Gasteiger partial charge is 0.281 e. The Labute approximate surface area is 94.9 Å². The summed E-state index contributed by atoms with van der Waals surface area (Å²) >= 11 is 0. The molecule has 4 heteroatoms. The van der Waals surface area contributed by atoms with Gasteiger partial charge in [0.05, 0.1) is 4.90 Å². The molecular formula is C12H11NO2S. The van der Waals surface area contributed by atoms with Gasteiger partial charge in [-0.3, -0.25) is 0 Å². The Morgan fingerprint density at radius 1 is 1.06 bits per heavy atom. The third-order valence-electron chi connectivity index (χ3n) is 2.19. The SMILES string of the molecule is O=S(=O)(/N=C/C1C=CC=C1)c1ccccc1. The zero-order valence-corrected chi connectivity index (χ0v) is 9.34. The standard InChI is InChI=1S/C12H11NO2S/c14-16(15,12-8-2-1-3-9-12)13-10-11-6-4-5-7-11/h1-11H/b13-10+. The van der Waals surface area contributed by atoms with E-state index in [1.165, 1.54) is 18.3 Å². The minimum absolute atomic E-state index is 0.0153. The van der Waals surface area contributed by atoms with Crippen molar-refractivity contribution in [3.63, 3.8) is 0 Å². The van der Waals surface area contributed by atoms with E-state index in [1.807, 2.05) is 24.3 Å². The molecule has 0 radical (unpaired) electrons. The molecule has 0 fully saturated rings. The highest BCUT2D eigenvalue weighted by molar-refractivity contribution is 7.90. The van der Waals surface area contributed by atoms with Crippen LogP contribution in [0.4, 0.5) is 0 Å². The second-order valence-electron chi connectivity index (χ2n) is 3.39. The first-order chi connectivity index (χ1) is 7.68. The first-order valence-electron chi connectivity index (χ1n) is 4.89. The van der Waals surface area contributed by atoms with Gasteiger partial charge in [0.25, 0.3) is 10.0 Å². The van der Waals surface area contributed by atoms with E-state index in [4.69, 9.17) is 0 Å². The topological polar surface area (TPSA) is 46.5 Å². The van der Waals surface area contributed by atoms with E-state index >= 15 is 0 Å². The van der Waals surface area contributed by atoms with Crippen LogP contribution in [0.15, 0.2) is 63.9 Å². The molecule has 1 aromatic carbocycles. The van der Waals surface area contributed by atoms with Crippen molar-refractivity contribution in [2.24, 2.45) is 10.3 Å². The summed E-state index contributed by atoms with van der Waals surface area (Å²) in [5.74, 6) is -0.0153. The monoisotopic (exact) mass is 233 g/mol. The third kappa shape index (κ3) is 2.46. The summed E-state index contributed by atoms with van der Waals surface area (Å²) in [7, 11) is -3.55. The highest BCUT2D eigenvalue weighted by Gasteiger charge is 2.11. The van der Waals surface area contributed by atoms with Gasteiger partial charge in [-0.1, -0.05) is 42.5 Å². The maximum atomic E-state index is 11.7. The lowest BCUT2D eigenvalue weighted by molar-refractivity contribution is 0.598. The van der Waals surface area contributed by atoms with Crippen LogP contribution in [0.2, 0.25) is 0 Å². The Morgan fingerprint density at radius 2 is 1.69 bits per heavy atom. The van der Waals surface area contributed by atoms with Gasteiger partial charge in [0.2, 0.25) is 0 Å². The van der Waals surface area contributed by atoms with Crippen LogP contribution in [-0.2, 0) is 10.0 Å². The van der Waals surface area contributed by atoms with E-state index in [0.717, 1.165) is 0 Å². The molecule has 1 aromatic rings. The van der Waals surface area contributed by atoms with E-state index in [-0.39, 0.29) is 10.8 Å². The van der Waals surface area contributed by atoms with Crippen LogP contribution in [0.5, 0.6) is 0 Å². The van der Waals surface area contributed by atoms with Crippen molar-refractivity contribution < 1.29 is 8.42 Å². The van der Waals surface area contributed by atoms with E-state index in [0.29, 0.717) is 0 Å². The lowest BCUT2D eigenvalue weighted by atomic mass is 10.2. The molecule has 0 heterocycles. The predicted molar refractivity (Wildman–Crippen MR) is 63.9 cm³/mol.